The summed E-state index contributed by atoms with van der Waals surface area (Å²) in [6.45, 7) is 0. The molecule has 3 aromatic rings. The van der Waals surface area contributed by atoms with Crippen LogP contribution in [-0.4, -0.2) is 50.6 Å². The van der Waals surface area contributed by atoms with Gasteiger partial charge in [-0.05, 0) is 79.0 Å². The lowest BCUT2D eigenvalue weighted by Crippen LogP contribution is -2.45. The lowest BCUT2D eigenvalue weighted by atomic mass is 9.64. The summed E-state index contributed by atoms with van der Waals surface area (Å²) in [5.41, 5.74) is 1.88. The van der Waals surface area contributed by atoms with E-state index in [1.54, 1.807) is 18.2 Å². The molecule has 0 aromatic heterocycles. The maximum absolute atomic E-state index is 13.4. The van der Waals surface area contributed by atoms with Crippen molar-refractivity contribution in [3.8, 4) is 23.0 Å². The van der Waals surface area contributed by atoms with E-state index in [0.717, 1.165) is 30.4 Å². The molecule has 0 bridgehead atoms. The van der Waals surface area contributed by atoms with Crippen LogP contribution in [0.25, 0.3) is 0 Å². The van der Waals surface area contributed by atoms with Crippen molar-refractivity contribution < 1.29 is 35.1 Å². The smallest absolute Gasteiger partial charge is 0.160 e. The Morgan fingerprint density at radius 1 is 0.950 bits per heavy atom. The number of aliphatic hydroxyl groups is 2. The Kier molecular flexibility index (Phi) is 9.71. The molecule has 1 saturated carbocycles. The van der Waals surface area contributed by atoms with Crippen LogP contribution >= 0.6 is 0 Å². The van der Waals surface area contributed by atoms with Crippen LogP contribution in [0.1, 0.15) is 74.0 Å². The number of ketones is 1. The van der Waals surface area contributed by atoms with E-state index in [1.165, 1.54) is 19.2 Å². The molecule has 0 radical (unpaired) electrons. The first-order chi connectivity index (χ1) is 19.2. The van der Waals surface area contributed by atoms with Crippen molar-refractivity contribution in [1.82, 2.24) is 0 Å². The number of ether oxygens (including phenoxy) is 1. The number of hydrogen-bond acceptors (Lipinski definition) is 7. The predicted octanol–water partition coefficient (Wildman–Crippen LogP) is 5.50. The van der Waals surface area contributed by atoms with E-state index in [1.807, 2.05) is 24.3 Å². The normalized spacial score (nSPS) is 20.5. The van der Waals surface area contributed by atoms with Crippen LogP contribution in [0.15, 0.2) is 66.7 Å². The Balaban J connectivity index is 1.50. The second kappa shape index (κ2) is 13.2. The number of aryl methyl sites for hydroxylation is 1. The zero-order chi connectivity index (χ0) is 28.7. The number of rotatable bonds is 12. The van der Waals surface area contributed by atoms with Gasteiger partial charge >= 0.3 is 0 Å². The maximum atomic E-state index is 13.4. The highest BCUT2D eigenvalue weighted by molar-refractivity contribution is 5.79. The SMILES string of the molecule is COc1cc(C(CCc2ccccc2)CC(=O)CC(O)CC2(c3ccc(O)c(O)c3)CCCCC2O)ccc1O. The van der Waals surface area contributed by atoms with Crippen LogP contribution in [-0.2, 0) is 16.6 Å². The molecule has 4 atom stereocenters. The van der Waals surface area contributed by atoms with Gasteiger partial charge in [-0.1, -0.05) is 55.3 Å². The fraction of sp³-hybridized carbons (Fsp3) is 0.424. The van der Waals surface area contributed by atoms with E-state index < -0.39 is 17.6 Å². The van der Waals surface area contributed by atoms with Gasteiger partial charge in [0.2, 0.25) is 0 Å². The molecular weight excluding hydrogens is 508 g/mol. The van der Waals surface area contributed by atoms with Crippen molar-refractivity contribution in [3.63, 3.8) is 0 Å². The fourth-order valence-corrected chi connectivity index (χ4v) is 6.18. The molecule has 4 rings (SSSR count). The third kappa shape index (κ3) is 6.95. The number of hydrogen-bond donors (Lipinski definition) is 5. The van der Waals surface area contributed by atoms with Gasteiger partial charge in [-0.25, -0.2) is 0 Å². The van der Waals surface area contributed by atoms with Crippen LogP contribution < -0.4 is 4.74 Å². The van der Waals surface area contributed by atoms with Crippen LogP contribution in [0.5, 0.6) is 23.0 Å². The average molecular weight is 549 g/mol. The molecule has 0 spiro atoms. The van der Waals surface area contributed by atoms with E-state index in [4.69, 9.17) is 4.74 Å². The van der Waals surface area contributed by atoms with Gasteiger partial charge < -0.3 is 30.3 Å². The van der Waals surface area contributed by atoms with Gasteiger partial charge in [-0.2, -0.15) is 0 Å². The van der Waals surface area contributed by atoms with Gasteiger partial charge in [0.1, 0.15) is 5.78 Å². The molecule has 0 aliphatic heterocycles. The minimum atomic E-state index is -0.986. The van der Waals surface area contributed by atoms with Crippen LogP contribution in [0.2, 0.25) is 0 Å². The molecule has 1 aliphatic carbocycles. The molecule has 7 heteroatoms. The Morgan fingerprint density at radius 2 is 1.70 bits per heavy atom. The Hall–Kier alpha value is -3.55. The fourth-order valence-electron chi connectivity index (χ4n) is 6.18. The summed E-state index contributed by atoms with van der Waals surface area (Å²) < 4.78 is 5.30. The Labute approximate surface area is 235 Å². The number of Topliss-reactive ketones (excluding diaryl/α,β-unsaturated/α-hetero) is 1. The lowest BCUT2D eigenvalue weighted by Gasteiger charge is -2.43. The van der Waals surface area contributed by atoms with Gasteiger partial charge in [0.15, 0.2) is 23.0 Å². The number of phenols is 3. The first-order valence-electron chi connectivity index (χ1n) is 14.0. The van der Waals surface area contributed by atoms with Crippen molar-refractivity contribution >= 4 is 5.78 Å². The van der Waals surface area contributed by atoms with Crippen molar-refractivity contribution in [2.45, 2.75) is 81.3 Å². The molecule has 40 heavy (non-hydrogen) atoms. The number of carbonyl (C=O) groups excluding carboxylic acids is 1. The first-order valence-corrected chi connectivity index (χ1v) is 14.0. The van der Waals surface area contributed by atoms with Gasteiger partial charge in [0.05, 0.1) is 19.3 Å². The summed E-state index contributed by atoms with van der Waals surface area (Å²) in [4.78, 5) is 13.4. The van der Waals surface area contributed by atoms with Crippen LogP contribution in [0.3, 0.4) is 0 Å². The minimum Gasteiger partial charge on any atom is -0.504 e. The highest BCUT2D eigenvalue weighted by atomic mass is 16.5. The second-order valence-corrected chi connectivity index (χ2v) is 11.1. The summed E-state index contributed by atoms with van der Waals surface area (Å²) in [6.07, 6.45) is 2.96. The van der Waals surface area contributed by atoms with Crippen molar-refractivity contribution in [3.05, 3.63) is 83.4 Å². The molecule has 0 heterocycles. The molecule has 5 N–H and O–H groups in total. The molecule has 1 fully saturated rings. The average Bonchev–Trinajstić information content (AvgIpc) is 2.94. The van der Waals surface area contributed by atoms with Crippen molar-refractivity contribution in [1.29, 1.82) is 0 Å². The monoisotopic (exact) mass is 548 g/mol. The van der Waals surface area contributed by atoms with E-state index in [2.05, 4.69) is 12.1 Å². The summed E-state index contributed by atoms with van der Waals surface area (Å²) in [5.74, 6) is -0.367. The highest BCUT2D eigenvalue weighted by Crippen LogP contribution is 2.45. The molecule has 0 saturated heterocycles. The number of methoxy groups -OCH3 is 1. The Bertz CT molecular complexity index is 1280. The largest absolute Gasteiger partial charge is 0.504 e. The Morgan fingerprint density at radius 3 is 2.40 bits per heavy atom. The number of carbonyl (C=O) groups is 1. The summed E-state index contributed by atoms with van der Waals surface area (Å²) in [5, 5.41) is 52.3. The first kappa shape index (κ1) is 29.4. The van der Waals surface area contributed by atoms with E-state index in [-0.39, 0.29) is 48.2 Å². The van der Waals surface area contributed by atoms with Gasteiger partial charge in [0.25, 0.3) is 0 Å². The predicted molar refractivity (Wildman–Crippen MR) is 153 cm³/mol. The molecule has 214 valence electrons. The van der Waals surface area contributed by atoms with E-state index >= 15 is 0 Å². The molecular formula is C33H40O7. The van der Waals surface area contributed by atoms with Gasteiger partial charge in [-0.15, -0.1) is 0 Å². The minimum absolute atomic E-state index is 0.0337. The number of aliphatic hydroxyl groups excluding tert-OH is 2. The quantitative estimate of drug-likeness (QED) is 0.189. The summed E-state index contributed by atoms with van der Waals surface area (Å²) >= 11 is 0. The highest BCUT2D eigenvalue weighted by Gasteiger charge is 2.43. The summed E-state index contributed by atoms with van der Waals surface area (Å²) in [6, 6.07) is 19.7. The number of phenolic OH excluding ortho intramolecular Hbond substituents is 3. The van der Waals surface area contributed by atoms with Crippen molar-refractivity contribution in [2.75, 3.05) is 7.11 Å². The zero-order valence-electron chi connectivity index (χ0n) is 23.0. The van der Waals surface area contributed by atoms with Gasteiger partial charge in [0, 0.05) is 18.3 Å². The number of aromatic hydroxyl groups is 3. The molecule has 1 aliphatic rings. The summed E-state index contributed by atoms with van der Waals surface area (Å²) in [7, 11) is 1.49. The van der Waals surface area contributed by atoms with Gasteiger partial charge in [-0.3, -0.25) is 4.79 Å². The second-order valence-electron chi connectivity index (χ2n) is 11.1. The topological polar surface area (TPSA) is 127 Å². The van der Waals surface area contributed by atoms with Crippen LogP contribution in [0.4, 0.5) is 0 Å². The lowest BCUT2D eigenvalue weighted by molar-refractivity contribution is -0.122. The molecule has 3 aromatic carbocycles. The van der Waals surface area contributed by atoms with Crippen molar-refractivity contribution in [2.24, 2.45) is 0 Å². The third-order valence-electron chi connectivity index (χ3n) is 8.38. The standard InChI is InChI=1S/C33H40O7/c1-40-31-18-24(12-14-29(31)37)23(11-10-22-7-3-2-4-8-22)17-26(34)20-27(35)21-33(16-6-5-9-32(33)39)25-13-15-28(36)30(38)19-25/h2-4,7-8,12-15,18-19,23,27,32,35-39H,5-6,9-11,16-17,20-21H2,1H3. The molecule has 7 nitrogen and oxygen atoms in total. The third-order valence-corrected chi connectivity index (χ3v) is 8.38. The number of benzene rings is 3. The van der Waals surface area contributed by atoms with E-state index in [0.29, 0.717) is 30.6 Å². The maximum Gasteiger partial charge on any atom is 0.160 e. The molecule has 4 unspecified atom stereocenters. The van der Waals surface area contributed by atoms with Crippen LogP contribution in [0, 0.1) is 0 Å². The molecule has 0 amide bonds. The van der Waals surface area contributed by atoms with E-state index in [9.17, 15) is 30.3 Å². The zero-order valence-corrected chi connectivity index (χ0v) is 23.0.